The van der Waals surface area contributed by atoms with Gasteiger partial charge in [-0.3, -0.25) is 9.59 Å². The van der Waals surface area contributed by atoms with Crippen LogP contribution in [0.2, 0.25) is 0 Å². The number of aromatic nitrogens is 4. The van der Waals surface area contributed by atoms with Crippen molar-refractivity contribution in [3.05, 3.63) is 40.1 Å². The molecule has 1 saturated heterocycles. The zero-order valence-corrected chi connectivity index (χ0v) is 18.4. The molecule has 0 radical (unpaired) electrons. The van der Waals surface area contributed by atoms with Crippen molar-refractivity contribution in [2.75, 3.05) is 49.6 Å². The summed E-state index contributed by atoms with van der Waals surface area (Å²) in [5.74, 6) is 0.156. The highest BCUT2D eigenvalue weighted by Gasteiger charge is 2.32. The highest BCUT2D eigenvalue weighted by atomic mass is 19.4. The van der Waals surface area contributed by atoms with E-state index in [2.05, 4.69) is 25.5 Å². The number of aromatic amines is 1. The highest BCUT2D eigenvalue weighted by Crippen LogP contribution is 2.28. The number of halogens is 3. The minimum Gasteiger partial charge on any atom is -0.379 e. The summed E-state index contributed by atoms with van der Waals surface area (Å²) in [6.45, 7) is 5.90. The fraction of sp³-hybridized carbons (Fsp3) is 0.550. The molecule has 13 heteroatoms. The lowest BCUT2D eigenvalue weighted by molar-refractivity contribution is -0.138. The van der Waals surface area contributed by atoms with Gasteiger partial charge in [-0.25, -0.2) is 15.1 Å². The number of carbonyl (C=O) groups is 1. The Morgan fingerprint density at radius 3 is 2.52 bits per heavy atom. The van der Waals surface area contributed by atoms with Crippen molar-refractivity contribution in [2.45, 2.75) is 32.5 Å². The predicted octanol–water partition coefficient (Wildman–Crippen LogP) is 1.44. The molecule has 10 nitrogen and oxygen atoms in total. The number of anilines is 2. The number of nitrogens with one attached hydrogen (secondary N) is 2. The molecule has 1 atom stereocenters. The zero-order chi connectivity index (χ0) is 24.0. The van der Waals surface area contributed by atoms with Gasteiger partial charge in [-0.15, -0.1) is 0 Å². The molecule has 0 aliphatic carbocycles. The molecule has 3 rings (SSSR count). The average Bonchev–Trinajstić information content (AvgIpc) is 2.79. The van der Waals surface area contributed by atoms with Gasteiger partial charge >= 0.3 is 6.18 Å². The van der Waals surface area contributed by atoms with Gasteiger partial charge in [-0.2, -0.15) is 18.3 Å². The zero-order valence-electron chi connectivity index (χ0n) is 18.4. The third kappa shape index (κ3) is 6.63. The second kappa shape index (κ2) is 10.6. The first-order valence-electron chi connectivity index (χ1n) is 10.5. The summed E-state index contributed by atoms with van der Waals surface area (Å²) in [6, 6.07) is -0.0883. The van der Waals surface area contributed by atoms with E-state index in [9.17, 15) is 22.8 Å². The molecule has 2 N–H and O–H groups in total. The Balaban J connectivity index is 1.36. The van der Waals surface area contributed by atoms with Crippen LogP contribution in [0, 0.1) is 6.92 Å². The van der Waals surface area contributed by atoms with Gasteiger partial charge in [0.2, 0.25) is 11.9 Å². The number of alkyl halides is 3. The number of nitrogens with zero attached hydrogens (tertiary/aromatic N) is 5. The molecular formula is C20H26F3N7O3. The van der Waals surface area contributed by atoms with E-state index < -0.39 is 11.7 Å². The van der Waals surface area contributed by atoms with Crippen molar-refractivity contribution in [3.63, 3.8) is 0 Å². The number of hydrogen-bond acceptors (Lipinski definition) is 8. The van der Waals surface area contributed by atoms with Gasteiger partial charge in [0.25, 0.3) is 5.56 Å². The fourth-order valence-corrected chi connectivity index (χ4v) is 3.28. The second-order valence-corrected chi connectivity index (χ2v) is 7.75. The fourth-order valence-electron chi connectivity index (χ4n) is 3.28. The number of carbonyl (C=O) groups excluding carboxylic acids is 1. The van der Waals surface area contributed by atoms with Crippen molar-refractivity contribution in [3.8, 4) is 0 Å². The van der Waals surface area contributed by atoms with Crippen LogP contribution < -0.4 is 15.8 Å². The van der Waals surface area contributed by atoms with Gasteiger partial charge < -0.3 is 19.9 Å². The van der Waals surface area contributed by atoms with Crippen LogP contribution >= 0.6 is 0 Å². The molecule has 0 aromatic carbocycles. The van der Waals surface area contributed by atoms with Crippen LogP contribution in [0.25, 0.3) is 0 Å². The average molecular weight is 469 g/mol. The quantitative estimate of drug-likeness (QED) is 0.558. The van der Waals surface area contributed by atoms with E-state index in [1.807, 2.05) is 6.92 Å². The number of amides is 1. The minimum atomic E-state index is -4.48. The van der Waals surface area contributed by atoms with Crippen molar-refractivity contribution >= 4 is 17.5 Å². The number of rotatable bonds is 8. The smallest absolute Gasteiger partial charge is 0.379 e. The maximum absolute atomic E-state index is 12.6. The highest BCUT2D eigenvalue weighted by molar-refractivity contribution is 5.76. The lowest BCUT2D eigenvalue weighted by Crippen LogP contribution is -2.49. The van der Waals surface area contributed by atoms with Crippen molar-refractivity contribution in [1.82, 2.24) is 25.1 Å². The Morgan fingerprint density at radius 1 is 1.21 bits per heavy atom. The van der Waals surface area contributed by atoms with E-state index in [0.29, 0.717) is 44.0 Å². The first kappa shape index (κ1) is 24.4. The normalized spacial score (nSPS) is 15.4. The Morgan fingerprint density at radius 2 is 1.88 bits per heavy atom. The van der Waals surface area contributed by atoms with Gasteiger partial charge in [0.05, 0.1) is 37.1 Å². The molecule has 1 amide bonds. The molecule has 33 heavy (non-hydrogen) atoms. The summed E-state index contributed by atoms with van der Waals surface area (Å²) in [5, 5.41) is 9.27. The SMILES string of the molecule is Cc1c(N[C@H](C)COCCC(=O)N2CCN(c3ncc(C(F)(F)F)cn3)CC2)cn[nH]c1=O. The number of H-pyrrole nitrogens is 1. The molecule has 1 fully saturated rings. The van der Waals surface area contributed by atoms with Crippen LogP contribution in [0.3, 0.4) is 0 Å². The molecule has 1 aliphatic rings. The summed E-state index contributed by atoms with van der Waals surface area (Å²) in [7, 11) is 0. The summed E-state index contributed by atoms with van der Waals surface area (Å²) >= 11 is 0. The second-order valence-electron chi connectivity index (χ2n) is 7.75. The third-order valence-corrected chi connectivity index (χ3v) is 5.22. The van der Waals surface area contributed by atoms with Crippen LogP contribution in [0.15, 0.2) is 23.4 Å². The van der Waals surface area contributed by atoms with Gasteiger partial charge in [0, 0.05) is 50.2 Å². The topological polar surface area (TPSA) is 116 Å². The van der Waals surface area contributed by atoms with E-state index in [0.717, 1.165) is 12.4 Å². The molecule has 0 bridgehead atoms. The molecule has 1 aliphatic heterocycles. The standard InChI is InChI=1S/C20H26F3N7O3/c1-13(27-16-11-26-28-18(32)14(16)2)12-33-8-3-17(31)29-4-6-30(7-5-29)19-24-9-15(10-25-19)20(21,22)23/h9-11,13H,3-8,12H2,1-2H3,(H2,27,28,32)/t13-/m1/s1. The van der Waals surface area contributed by atoms with Crippen molar-refractivity contribution < 1.29 is 22.7 Å². The van der Waals surface area contributed by atoms with E-state index in [1.54, 1.807) is 16.7 Å². The van der Waals surface area contributed by atoms with Crippen molar-refractivity contribution in [1.29, 1.82) is 0 Å². The Hall–Kier alpha value is -3.22. The monoisotopic (exact) mass is 469 g/mol. The Kier molecular flexibility index (Phi) is 7.84. The lowest BCUT2D eigenvalue weighted by atomic mass is 10.2. The maximum Gasteiger partial charge on any atom is 0.419 e. The van der Waals surface area contributed by atoms with Crippen LogP contribution in [-0.4, -0.2) is 76.4 Å². The Labute approximate surface area is 188 Å². The van der Waals surface area contributed by atoms with Gasteiger partial charge in [-0.1, -0.05) is 0 Å². The van der Waals surface area contributed by atoms with Crippen LogP contribution in [0.4, 0.5) is 24.8 Å². The Bertz CT molecular complexity index is 990. The number of hydrogen-bond donors (Lipinski definition) is 2. The van der Waals surface area contributed by atoms with Crippen LogP contribution in [-0.2, 0) is 15.7 Å². The first-order valence-corrected chi connectivity index (χ1v) is 10.5. The van der Waals surface area contributed by atoms with Gasteiger partial charge in [-0.05, 0) is 13.8 Å². The minimum absolute atomic E-state index is 0.0572. The van der Waals surface area contributed by atoms with E-state index in [4.69, 9.17) is 4.74 Å². The summed E-state index contributed by atoms with van der Waals surface area (Å²) < 4.78 is 43.5. The number of ether oxygens (including phenoxy) is 1. The van der Waals surface area contributed by atoms with Gasteiger partial charge in [0.1, 0.15) is 0 Å². The summed E-state index contributed by atoms with van der Waals surface area (Å²) in [5.41, 5.74) is 0.00574. The van der Waals surface area contributed by atoms with Gasteiger partial charge in [0.15, 0.2) is 0 Å². The van der Waals surface area contributed by atoms with E-state index in [1.165, 1.54) is 6.20 Å². The first-order chi connectivity index (χ1) is 15.6. The van der Waals surface area contributed by atoms with Crippen LogP contribution in [0.5, 0.6) is 0 Å². The summed E-state index contributed by atoms with van der Waals surface area (Å²) in [4.78, 5) is 35.0. The summed E-state index contributed by atoms with van der Waals surface area (Å²) in [6.07, 6.45) is -1.20. The maximum atomic E-state index is 12.6. The molecule has 0 saturated carbocycles. The molecule has 2 aromatic heterocycles. The van der Waals surface area contributed by atoms with E-state index in [-0.39, 0.29) is 36.5 Å². The predicted molar refractivity (Wildman–Crippen MR) is 114 cm³/mol. The van der Waals surface area contributed by atoms with Crippen LogP contribution in [0.1, 0.15) is 24.5 Å². The van der Waals surface area contributed by atoms with E-state index >= 15 is 0 Å². The largest absolute Gasteiger partial charge is 0.419 e. The number of piperazine rings is 1. The molecule has 3 heterocycles. The molecular weight excluding hydrogens is 443 g/mol. The van der Waals surface area contributed by atoms with Crippen molar-refractivity contribution in [2.24, 2.45) is 0 Å². The molecule has 0 spiro atoms. The third-order valence-electron chi connectivity index (χ3n) is 5.22. The molecule has 0 unspecified atom stereocenters. The lowest BCUT2D eigenvalue weighted by Gasteiger charge is -2.34. The molecule has 180 valence electrons. The molecule has 2 aromatic rings.